The number of hydrogen-bond donors (Lipinski definition) is 2. The fourth-order valence-electron chi connectivity index (χ4n) is 1.35. The molecule has 0 aromatic carbocycles. The van der Waals surface area contributed by atoms with Gasteiger partial charge in [0.1, 0.15) is 0 Å². The van der Waals surface area contributed by atoms with Crippen LogP contribution in [0, 0.1) is 0 Å². The van der Waals surface area contributed by atoms with Crippen molar-refractivity contribution in [1.29, 1.82) is 0 Å². The fourth-order valence-corrected chi connectivity index (χ4v) is 2.60. The Morgan fingerprint density at radius 1 is 1.60 bits per heavy atom. The van der Waals surface area contributed by atoms with Crippen molar-refractivity contribution in [2.45, 2.75) is 18.1 Å². The smallest absolute Gasteiger partial charge is 0.243 e. The summed E-state index contributed by atoms with van der Waals surface area (Å²) in [6, 6.07) is -0.280. The summed E-state index contributed by atoms with van der Waals surface area (Å²) in [5, 5.41) is 20.3. The largest absolute Gasteiger partial charge is 0.305 e. The van der Waals surface area contributed by atoms with Crippen LogP contribution in [0.15, 0.2) is 16.7 Å². The molecule has 10 heteroatoms. The summed E-state index contributed by atoms with van der Waals surface area (Å²) in [6.45, 7) is 2.50. The van der Waals surface area contributed by atoms with E-state index in [9.17, 15) is 4.79 Å². The zero-order chi connectivity index (χ0) is 14.4. The summed E-state index contributed by atoms with van der Waals surface area (Å²) in [5.41, 5.74) is 0. The normalized spacial score (nSPS) is 12.3. The molecule has 0 aliphatic carbocycles. The van der Waals surface area contributed by atoms with Gasteiger partial charge in [-0.1, -0.05) is 11.8 Å². The number of nitrogens with one attached hydrogen (secondary N) is 2. The molecule has 0 aliphatic rings. The predicted octanol–water partition coefficient (Wildman–Crippen LogP) is 0.375. The Morgan fingerprint density at radius 3 is 3.10 bits per heavy atom. The first-order valence-electron chi connectivity index (χ1n) is 5.95. The SMILES string of the molecule is CC(NCCSc1nnnn1C)C(=O)Nc1nccs1. The van der Waals surface area contributed by atoms with E-state index in [1.165, 1.54) is 23.1 Å². The van der Waals surface area contributed by atoms with E-state index in [0.717, 1.165) is 10.9 Å². The first-order chi connectivity index (χ1) is 9.66. The maximum Gasteiger partial charge on any atom is 0.243 e. The molecule has 0 radical (unpaired) electrons. The number of thiazole rings is 1. The Morgan fingerprint density at radius 2 is 2.45 bits per heavy atom. The van der Waals surface area contributed by atoms with Gasteiger partial charge in [0.05, 0.1) is 6.04 Å². The number of aryl methyl sites for hydroxylation is 1. The molecular formula is C10H15N7OS2. The topological polar surface area (TPSA) is 97.6 Å². The van der Waals surface area contributed by atoms with Gasteiger partial charge < -0.3 is 10.6 Å². The first kappa shape index (κ1) is 14.9. The van der Waals surface area contributed by atoms with Crippen molar-refractivity contribution in [3.63, 3.8) is 0 Å². The molecule has 1 unspecified atom stereocenters. The third-order valence-electron chi connectivity index (χ3n) is 2.42. The van der Waals surface area contributed by atoms with Crippen molar-refractivity contribution in [2.24, 2.45) is 7.05 Å². The van der Waals surface area contributed by atoms with Crippen LogP contribution < -0.4 is 10.6 Å². The summed E-state index contributed by atoms with van der Waals surface area (Å²) in [6.07, 6.45) is 1.66. The van der Waals surface area contributed by atoms with E-state index in [4.69, 9.17) is 0 Å². The lowest BCUT2D eigenvalue weighted by Crippen LogP contribution is -2.39. The Balaban J connectivity index is 1.66. The van der Waals surface area contributed by atoms with Gasteiger partial charge in [0.25, 0.3) is 0 Å². The van der Waals surface area contributed by atoms with Crippen LogP contribution in [0.4, 0.5) is 5.13 Å². The predicted molar refractivity (Wildman–Crippen MR) is 77.7 cm³/mol. The maximum atomic E-state index is 11.8. The second kappa shape index (κ2) is 7.31. The third kappa shape index (κ3) is 4.25. The van der Waals surface area contributed by atoms with E-state index < -0.39 is 0 Å². The number of rotatable bonds is 7. The quantitative estimate of drug-likeness (QED) is 0.563. The van der Waals surface area contributed by atoms with Crippen LogP contribution in [0.1, 0.15) is 6.92 Å². The number of aromatic nitrogens is 5. The van der Waals surface area contributed by atoms with Crippen molar-refractivity contribution < 1.29 is 4.79 Å². The lowest BCUT2D eigenvalue weighted by Gasteiger charge is -2.12. The minimum Gasteiger partial charge on any atom is -0.305 e. The molecule has 0 saturated heterocycles. The highest BCUT2D eigenvalue weighted by Crippen LogP contribution is 2.12. The van der Waals surface area contributed by atoms with Crippen molar-refractivity contribution in [2.75, 3.05) is 17.6 Å². The number of tetrazole rings is 1. The summed E-state index contributed by atoms with van der Waals surface area (Å²) >= 11 is 2.93. The lowest BCUT2D eigenvalue weighted by molar-refractivity contribution is -0.117. The molecule has 1 amide bonds. The summed E-state index contributed by atoms with van der Waals surface area (Å²) < 4.78 is 1.61. The van der Waals surface area contributed by atoms with Crippen molar-refractivity contribution in [1.82, 2.24) is 30.5 Å². The highest BCUT2D eigenvalue weighted by atomic mass is 32.2. The van der Waals surface area contributed by atoms with Crippen LogP contribution in [-0.2, 0) is 11.8 Å². The van der Waals surface area contributed by atoms with E-state index in [1.807, 2.05) is 12.3 Å². The third-order valence-corrected chi connectivity index (χ3v) is 4.12. The number of nitrogens with zero attached hydrogens (tertiary/aromatic N) is 5. The molecule has 2 aromatic heterocycles. The molecule has 2 N–H and O–H groups in total. The van der Waals surface area contributed by atoms with Gasteiger partial charge in [-0.2, -0.15) is 0 Å². The average molecular weight is 313 g/mol. The fraction of sp³-hybridized carbons (Fsp3) is 0.500. The van der Waals surface area contributed by atoms with E-state index >= 15 is 0 Å². The Hall–Kier alpha value is -1.52. The van der Waals surface area contributed by atoms with Crippen LogP contribution in [0.5, 0.6) is 0 Å². The zero-order valence-electron chi connectivity index (χ0n) is 11.1. The molecule has 20 heavy (non-hydrogen) atoms. The highest BCUT2D eigenvalue weighted by Gasteiger charge is 2.13. The minimum atomic E-state index is -0.280. The molecule has 1 atom stereocenters. The van der Waals surface area contributed by atoms with Gasteiger partial charge in [0, 0.05) is 30.9 Å². The van der Waals surface area contributed by atoms with Crippen LogP contribution in [0.3, 0.4) is 0 Å². The highest BCUT2D eigenvalue weighted by molar-refractivity contribution is 7.99. The number of thioether (sulfide) groups is 1. The molecule has 0 spiro atoms. The van der Waals surface area contributed by atoms with Gasteiger partial charge in [0.2, 0.25) is 11.1 Å². The number of carbonyl (C=O) groups is 1. The molecule has 8 nitrogen and oxygen atoms in total. The molecule has 2 heterocycles. The molecule has 0 saturated carbocycles. The molecule has 108 valence electrons. The van der Waals surface area contributed by atoms with E-state index in [0.29, 0.717) is 11.7 Å². The van der Waals surface area contributed by atoms with Gasteiger partial charge in [-0.25, -0.2) is 9.67 Å². The maximum absolute atomic E-state index is 11.8. The van der Waals surface area contributed by atoms with Gasteiger partial charge in [-0.15, -0.1) is 16.4 Å². The first-order valence-corrected chi connectivity index (χ1v) is 7.82. The summed E-state index contributed by atoms with van der Waals surface area (Å²) in [5.74, 6) is 0.689. The Labute approximate surface area is 124 Å². The molecule has 2 aromatic rings. The van der Waals surface area contributed by atoms with Gasteiger partial charge in [-0.05, 0) is 17.4 Å². The van der Waals surface area contributed by atoms with Crippen molar-refractivity contribution >= 4 is 34.1 Å². The van der Waals surface area contributed by atoms with Gasteiger partial charge >= 0.3 is 0 Å². The van der Waals surface area contributed by atoms with Crippen molar-refractivity contribution in [3.8, 4) is 0 Å². The second-order valence-electron chi connectivity index (χ2n) is 3.94. The molecule has 2 rings (SSSR count). The summed E-state index contributed by atoms with van der Waals surface area (Å²) in [7, 11) is 1.79. The lowest BCUT2D eigenvalue weighted by atomic mass is 10.3. The molecule has 0 fully saturated rings. The monoisotopic (exact) mass is 313 g/mol. The molecule has 0 aliphatic heterocycles. The Bertz CT molecular complexity index is 542. The zero-order valence-corrected chi connectivity index (χ0v) is 12.7. The number of carbonyl (C=O) groups excluding carboxylic acids is 1. The van der Waals surface area contributed by atoms with Crippen molar-refractivity contribution in [3.05, 3.63) is 11.6 Å². The second-order valence-corrected chi connectivity index (χ2v) is 5.89. The minimum absolute atomic E-state index is 0.0923. The van der Waals surface area contributed by atoms with E-state index in [-0.39, 0.29) is 11.9 Å². The van der Waals surface area contributed by atoms with Crippen LogP contribution in [0.25, 0.3) is 0 Å². The van der Waals surface area contributed by atoms with Crippen LogP contribution >= 0.6 is 23.1 Å². The van der Waals surface area contributed by atoms with Gasteiger partial charge in [-0.3, -0.25) is 4.79 Å². The van der Waals surface area contributed by atoms with Crippen LogP contribution in [-0.4, -0.2) is 49.4 Å². The number of anilines is 1. The van der Waals surface area contributed by atoms with E-state index in [2.05, 4.69) is 31.1 Å². The summed E-state index contributed by atoms with van der Waals surface area (Å²) in [4.78, 5) is 15.8. The number of amides is 1. The number of hydrogen-bond acceptors (Lipinski definition) is 8. The van der Waals surface area contributed by atoms with Crippen LogP contribution in [0.2, 0.25) is 0 Å². The molecule has 0 bridgehead atoms. The van der Waals surface area contributed by atoms with Gasteiger partial charge in [0.15, 0.2) is 5.13 Å². The molecular weight excluding hydrogens is 298 g/mol. The van der Waals surface area contributed by atoms with E-state index in [1.54, 1.807) is 17.9 Å². The Kier molecular flexibility index (Phi) is 5.44. The standard InChI is InChI=1S/C10H15N7OS2/c1-7(8(18)13-9-12-4-5-19-9)11-3-6-20-10-14-15-16-17(10)2/h4-5,7,11H,3,6H2,1-2H3,(H,12,13,18). The average Bonchev–Trinajstić information content (AvgIpc) is 3.06.